The van der Waals surface area contributed by atoms with Gasteiger partial charge in [-0.2, -0.15) is 10.2 Å². The maximum Gasteiger partial charge on any atom is 0.172 e. The number of hydrogen-bond acceptors (Lipinski definition) is 5. The van der Waals surface area contributed by atoms with Crippen molar-refractivity contribution in [3.05, 3.63) is 0 Å². The van der Waals surface area contributed by atoms with Gasteiger partial charge in [-0.3, -0.25) is 0 Å². The smallest absolute Gasteiger partial charge is 0.172 e. The third kappa shape index (κ3) is 2.35. The molecule has 0 aromatic carbocycles. The summed E-state index contributed by atoms with van der Waals surface area (Å²) < 4.78 is 0. The summed E-state index contributed by atoms with van der Waals surface area (Å²) in [5, 5.41) is 8.60. The van der Waals surface area contributed by atoms with Crippen molar-refractivity contribution in [2.75, 3.05) is 7.05 Å². The Morgan fingerprint density at radius 1 is 1.45 bits per heavy atom. The van der Waals surface area contributed by atoms with Crippen molar-refractivity contribution in [3.8, 4) is 0 Å². The van der Waals surface area contributed by atoms with E-state index in [2.05, 4.69) is 36.7 Å². The molecule has 11 heavy (non-hydrogen) atoms. The predicted molar refractivity (Wildman–Crippen MR) is 51.9 cm³/mol. The fourth-order valence-corrected chi connectivity index (χ4v) is 1.94. The number of thioether (sulfide) groups is 1. The minimum Gasteiger partial charge on any atom is -0.243 e. The molecule has 0 spiro atoms. The summed E-state index contributed by atoms with van der Waals surface area (Å²) in [7, 11) is 1.98. The number of rotatable bonds is 2. The monoisotopic (exact) mass is 191 g/mol. The van der Waals surface area contributed by atoms with Gasteiger partial charge in [-0.25, -0.2) is 4.90 Å². The summed E-state index contributed by atoms with van der Waals surface area (Å²) in [5.74, 6) is 0. The number of nitrogens with zero attached hydrogens (tertiary/aromatic N) is 3. The first-order valence-electron chi connectivity index (χ1n) is 3.56. The van der Waals surface area contributed by atoms with Crippen LogP contribution in [0.25, 0.3) is 0 Å². The van der Waals surface area contributed by atoms with Gasteiger partial charge in [0.05, 0.1) is 0 Å². The Hall–Kier alpha value is 0.260. The van der Waals surface area contributed by atoms with Crippen molar-refractivity contribution in [3.63, 3.8) is 0 Å². The van der Waals surface area contributed by atoms with E-state index in [4.69, 9.17) is 0 Å². The fraction of sp³-hybridized carbons (Fsp3) is 1.00. The zero-order valence-corrected chi connectivity index (χ0v) is 8.64. The van der Waals surface area contributed by atoms with E-state index < -0.39 is 0 Å². The average Bonchev–Trinajstić information content (AvgIpc) is 2.18. The normalized spacial score (nSPS) is 32.1. The lowest BCUT2D eigenvalue weighted by molar-refractivity contribution is 0.355. The molecule has 0 saturated carbocycles. The predicted octanol–water partition coefficient (Wildman–Crippen LogP) is 2.02. The molecule has 64 valence electrons. The van der Waals surface area contributed by atoms with Crippen LogP contribution < -0.4 is 0 Å². The Morgan fingerprint density at radius 3 is 2.45 bits per heavy atom. The van der Waals surface area contributed by atoms with Crippen molar-refractivity contribution in [1.82, 2.24) is 4.90 Å². The largest absolute Gasteiger partial charge is 0.243 e. The summed E-state index contributed by atoms with van der Waals surface area (Å²) in [6.07, 6.45) is 0. The van der Waals surface area contributed by atoms with Crippen molar-refractivity contribution < 1.29 is 0 Å². The second-order valence-corrected chi connectivity index (χ2v) is 4.85. The van der Waals surface area contributed by atoms with Gasteiger partial charge in [0.1, 0.15) is 0 Å². The van der Waals surface area contributed by atoms with E-state index in [9.17, 15) is 0 Å². The molecule has 1 rings (SSSR count). The zero-order chi connectivity index (χ0) is 8.43. The molecule has 0 radical (unpaired) electrons. The minimum absolute atomic E-state index is 0.0498. The van der Waals surface area contributed by atoms with Gasteiger partial charge in [0.25, 0.3) is 0 Å². The zero-order valence-electron chi connectivity index (χ0n) is 6.93. The van der Waals surface area contributed by atoms with Crippen molar-refractivity contribution >= 4 is 24.4 Å². The summed E-state index contributed by atoms with van der Waals surface area (Å²) in [6.45, 7) is 4.31. The molecule has 0 amide bonds. The van der Waals surface area contributed by atoms with E-state index in [1.165, 1.54) is 0 Å². The highest BCUT2D eigenvalue weighted by atomic mass is 32.2. The highest BCUT2D eigenvalue weighted by Crippen LogP contribution is 2.28. The van der Waals surface area contributed by atoms with Crippen molar-refractivity contribution in [1.29, 1.82) is 0 Å². The van der Waals surface area contributed by atoms with Crippen LogP contribution in [0.5, 0.6) is 0 Å². The Kier molecular flexibility index (Phi) is 3.21. The summed E-state index contributed by atoms with van der Waals surface area (Å²) in [4.78, 5) is 2.04. The van der Waals surface area contributed by atoms with Crippen LogP contribution in [0.4, 0.5) is 0 Å². The second-order valence-electron chi connectivity index (χ2n) is 2.75. The topological polar surface area (TPSA) is 28.0 Å². The van der Waals surface area contributed by atoms with Gasteiger partial charge in [-0.1, -0.05) is 13.8 Å². The van der Waals surface area contributed by atoms with Crippen LogP contribution in [0.15, 0.2) is 10.2 Å². The molecule has 0 aliphatic carbocycles. The highest BCUT2D eigenvalue weighted by Gasteiger charge is 2.26. The molecule has 0 saturated heterocycles. The van der Waals surface area contributed by atoms with Gasteiger partial charge in [-0.15, -0.1) is 24.4 Å². The van der Waals surface area contributed by atoms with Crippen LogP contribution in [0, 0.1) is 0 Å². The van der Waals surface area contributed by atoms with E-state index >= 15 is 0 Å². The minimum atomic E-state index is -0.0498. The lowest BCUT2D eigenvalue weighted by atomic mass is 10.6. The van der Waals surface area contributed by atoms with Crippen LogP contribution in [0.1, 0.15) is 13.8 Å². The van der Waals surface area contributed by atoms with E-state index in [1.807, 2.05) is 11.9 Å². The van der Waals surface area contributed by atoms with Gasteiger partial charge in [0, 0.05) is 5.25 Å². The van der Waals surface area contributed by atoms with E-state index in [0.717, 1.165) is 0 Å². The molecule has 0 fully saturated rings. The first kappa shape index (κ1) is 9.35. The third-order valence-corrected chi connectivity index (χ3v) is 3.06. The number of azo groups is 1. The van der Waals surface area contributed by atoms with Crippen molar-refractivity contribution in [2.45, 2.75) is 30.1 Å². The quantitative estimate of drug-likeness (QED) is 0.676. The molecule has 0 N–H and O–H groups in total. The first-order valence-corrected chi connectivity index (χ1v) is 5.02. The lowest BCUT2D eigenvalue weighted by Gasteiger charge is -2.19. The first-order chi connectivity index (χ1) is 5.11. The third-order valence-electron chi connectivity index (χ3n) is 1.38. The van der Waals surface area contributed by atoms with E-state index in [-0.39, 0.29) is 11.0 Å². The Balaban J connectivity index is 2.43. The average molecular weight is 191 g/mol. The molecule has 1 aliphatic rings. The summed E-state index contributed by atoms with van der Waals surface area (Å²) >= 11 is 6.01. The molecule has 0 bridgehead atoms. The van der Waals surface area contributed by atoms with Gasteiger partial charge in [0.2, 0.25) is 0 Å². The van der Waals surface area contributed by atoms with Crippen LogP contribution in [0.3, 0.4) is 0 Å². The molecule has 0 aromatic heterocycles. The Morgan fingerprint density at radius 2 is 2.09 bits per heavy atom. The molecule has 3 nitrogen and oxygen atoms in total. The van der Waals surface area contributed by atoms with Gasteiger partial charge in [0.15, 0.2) is 11.0 Å². The molecule has 0 aromatic rings. The lowest BCUT2D eigenvalue weighted by Crippen LogP contribution is -2.28. The molecule has 5 heteroatoms. The number of thiol groups is 1. The van der Waals surface area contributed by atoms with E-state index in [0.29, 0.717) is 5.25 Å². The van der Waals surface area contributed by atoms with E-state index in [1.54, 1.807) is 11.8 Å². The molecular weight excluding hydrogens is 178 g/mol. The van der Waals surface area contributed by atoms with Crippen LogP contribution in [-0.2, 0) is 0 Å². The molecule has 2 atom stereocenters. The second kappa shape index (κ2) is 3.78. The Labute approximate surface area is 77.0 Å². The van der Waals surface area contributed by atoms with Crippen molar-refractivity contribution in [2.24, 2.45) is 10.2 Å². The molecular formula is C6H13N3S2. The Bertz CT molecular complexity index is 160. The SMILES string of the molecule is CC(C)SC1N=NC(S)N1C. The highest BCUT2D eigenvalue weighted by molar-refractivity contribution is 8.00. The van der Waals surface area contributed by atoms with Crippen LogP contribution in [-0.4, -0.2) is 28.2 Å². The maximum atomic E-state index is 4.22. The fourth-order valence-electron chi connectivity index (χ4n) is 0.760. The van der Waals surface area contributed by atoms with Crippen LogP contribution >= 0.6 is 24.4 Å². The maximum absolute atomic E-state index is 4.22. The van der Waals surface area contributed by atoms with Gasteiger partial charge >= 0.3 is 0 Å². The number of hydrogen-bond donors (Lipinski definition) is 1. The molecule has 1 heterocycles. The van der Waals surface area contributed by atoms with Gasteiger partial charge in [-0.05, 0) is 7.05 Å². The molecule has 2 unspecified atom stereocenters. The summed E-state index contributed by atoms with van der Waals surface area (Å²) in [6, 6.07) is 0. The van der Waals surface area contributed by atoms with Crippen LogP contribution in [0.2, 0.25) is 0 Å². The molecule has 1 aliphatic heterocycles. The van der Waals surface area contributed by atoms with Gasteiger partial charge < -0.3 is 0 Å². The summed E-state index contributed by atoms with van der Waals surface area (Å²) in [5.41, 5.74) is 0.115. The standard InChI is InChI=1S/C6H13N3S2/c1-4(2)11-6-8-7-5(10)9(6)3/h4-6,10H,1-3H3.